The van der Waals surface area contributed by atoms with Gasteiger partial charge >= 0.3 is 11.9 Å². The molecule has 55 heavy (non-hydrogen) atoms. The highest BCUT2D eigenvalue weighted by atomic mass is 16.5. The van der Waals surface area contributed by atoms with Crippen molar-refractivity contribution in [2.45, 2.75) is 215 Å². The summed E-state index contributed by atoms with van der Waals surface area (Å²) in [5, 5.41) is 12.3. The van der Waals surface area contributed by atoms with E-state index in [0.29, 0.717) is 41.9 Å². The number of carboxylic acid groups (broad SMARTS) is 1. The van der Waals surface area contributed by atoms with Crippen LogP contribution in [0.4, 0.5) is 0 Å². The molecule has 6 heteroatoms. The van der Waals surface area contributed by atoms with Crippen LogP contribution in [-0.4, -0.2) is 35.6 Å². The molecule has 0 aromatic rings. The van der Waals surface area contributed by atoms with Gasteiger partial charge in [-0.3, -0.25) is 14.4 Å². The Bertz CT molecular complexity index is 1340. The molecular formula is C49H83NO5. The number of carbonyl (C=O) groups is 3. The van der Waals surface area contributed by atoms with E-state index in [0.717, 1.165) is 64.3 Å². The van der Waals surface area contributed by atoms with E-state index in [1.807, 2.05) is 0 Å². The van der Waals surface area contributed by atoms with Crippen LogP contribution in [0.15, 0.2) is 12.2 Å². The first-order valence-corrected chi connectivity index (χ1v) is 23.4. The molecule has 2 N–H and O–H groups in total. The number of ether oxygens (including phenoxy) is 1. The maximum Gasteiger partial charge on any atom is 0.303 e. The predicted molar refractivity (Wildman–Crippen MR) is 224 cm³/mol. The number of nitrogens with one attached hydrogen (secondary N) is 1. The van der Waals surface area contributed by atoms with Crippen LogP contribution in [0.5, 0.6) is 0 Å². The number of esters is 1. The number of carboxylic acids is 1. The average molecular weight is 766 g/mol. The Balaban J connectivity index is 1.10. The minimum atomic E-state index is -0.671. The lowest BCUT2D eigenvalue weighted by Gasteiger charge is -2.72. The van der Waals surface area contributed by atoms with E-state index in [2.05, 4.69) is 53.4 Å². The summed E-state index contributed by atoms with van der Waals surface area (Å²) in [6, 6.07) is 0. The normalized spacial score (nSPS) is 37.5. The van der Waals surface area contributed by atoms with Crippen LogP contribution in [0, 0.1) is 56.7 Å². The number of hydrogen-bond acceptors (Lipinski definition) is 4. The van der Waals surface area contributed by atoms with Gasteiger partial charge in [0, 0.05) is 25.3 Å². The molecule has 0 bridgehead atoms. The molecule has 1 unspecified atom stereocenters. The Hall–Kier alpha value is -1.85. The van der Waals surface area contributed by atoms with Crippen LogP contribution in [0.25, 0.3) is 0 Å². The van der Waals surface area contributed by atoms with E-state index in [4.69, 9.17) is 9.84 Å². The van der Waals surface area contributed by atoms with Gasteiger partial charge in [-0.25, -0.2) is 0 Å². The van der Waals surface area contributed by atoms with Gasteiger partial charge < -0.3 is 15.2 Å². The number of rotatable bonds is 20. The van der Waals surface area contributed by atoms with Gasteiger partial charge in [0.25, 0.3) is 0 Å². The first-order valence-electron chi connectivity index (χ1n) is 23.4. The molecule has 314 valence electrons. The smallest absolute Gasteiger partial charge is 0.303 e. The maximum absolute atomic E-state index is 14.5. The fraction of sp³-hybridized carbons (Fsp3) is 0.898. The molecule has 5 aliphatic rings. The Morgan fingerprint density at radius 2 is 1.24 bits per heavy atom. The fourth-order valence-electron chi connectivity index (χ4n) is 14.8. The molecule has 0 aromatic heterocycles. The van der Waals surface area contributed by atoms with Crippen LogP contribution < -0.4 is 5.32 Å². The van der Waals surface area contributed by atoms with Crippen LogP contribution in [0.1, 0.15) is 209 Å². The van der Waals surface area contributed by atoms with Crippen molar-refractivity contribution in [1.29, 1.82) is 0 Å². The van der Waals surface area contributed by atoms with Gasteiger partial charge in [0.1, 0.15) is 6.10 Å². The fourth-order valence-corrected chi connectivity index (χ4v) is 14.8. The van der Waals surface area contributed by atoms with E-state index in [1.54, 1.807) is 6.92 Å². The minimum absolute atomic E-state index is 0.00961. The van der Waals surface area contributed by atoms with E-state index in [1.165, 1.54) is 102 Å². The number of aliphatic carboxylic acids is 1. The molecule has 5 fully saturated rings. The van der Waals surface area contributed by atoms with Crippen molar-refractivity contribution in [3.63, 3.8) is 0 Å². The molecule has 0 heterocycles. The SMILES string of the molecule is C=C(C)[C@@H]1CC[C@]2(C(=O)NCCCCCCCCCCCCCCCCC(=O)O)CC[C@]3(C)[C@H](CCC4[C@@]5(C)CC[C@H](OC(C)=O)C(C)(C)[C@@H]5CC[C@]43C)[C@@H]12. The Kier molecular flexibility index (Phi) is 14.8. The highest BCUT2D eigenvalue weighted by Crippen LogP contribution is 2.77. The molecule has 0 aliphatic heterocycles. The molecule has 5 saturated carbocycles. The molecule has 10 atom stereocenters. The number of allylic oxidation sites excluding steroid dienone is 1. The van der Waals surface area contributed by atoms with Gasteiger partial charge in [0.05, 0.1) is 5.41 Å². The first-order chi connectivity index (χ1) is 26.0. The van der Waals surface area contributed by atoms with Gasteiger partial charge in [-0.15, -0.1) is 0 Å². The van der Waals surface area contributed by atoms with Crippen molar-refractivity contribution in [2.75, 3.05) is 6.54 Å². The third kappa shape index (κ3) is 8.94. The first kappa shape index (κ1) is 44.3. The van der Waals surface area contributed by atoms with Crippen molar-refractivity contribution in [3.05, 3.63) is 12.2 Å². The van der Waals surface area contributed by atoms with E-state index in [-0.39, 0.29) is 39.1 Å². The summed E-state index contributed by atoms with van der Waals surface area (Å²) in [5.74, 6) is 2.14. The topological polar surface area (TPSA) is 92.7 Å². The van der Waals surface area contributed by atoms with Gasteiger partial charge in [-0.05, 0) is 130 Å². The quantitative estimate of drug-likeness (QED) is 0.0731. The standard InChI is InChI=1S/C49H83NO5/c1-35(2)37-26-31-49(44(54)50-34-22-20-18-16-14-12-10-9-11-13-15-17-19-21-23-42(52)53)33-32-47(7)38(43(37)49)24-25-40-46(6)29-28-41(55-36(3)51)45(4,5)39(46)27-30-48(40,47)8/h37-41,43H,1,9-34H2,2-8H3,(H,50,54)(H,52,53)/t37-,38+,39-,40?,41-,43+,46-,47+,48+,49-/m0/s1. The van der Waals surface area contributed by atoms with Crippen LogP contribution in [0.3, 0.4) is 0 Å². The number of fused-ring (bicyclic) bond motifs is 7. The Labute approximate surface area is 336 Å². The minimum Gasteiger partial charge on any atom is -0.481 e. The van der Waals surface area contributed by atoms with Crippen LogP contribution in [-0.2, 0) is 19.1 Å². The molecule has 5 rings (SSSR count). The number of unbranched alkanes of at least 4 members (excludes halogenated alkanes) is 13. The summed E-state index contributed by atoms with van der Waals surface area (Å²) in [6.07, 6.45) is 28.7. The average Bonchev–Trinajstić information content (AvgIpc) is 3.52. The summed E-state index contributed by atoms with van der Waals surface area (Å²) >= 11 is 0. The number of carbonyl (C=O) groups excluding carboxylic acids is 2. The maximum atomic E-state index is 14.5. The molecule has 6 nitrogen and oxygen atoms in total. The summed E-state index contributed by atoms with van der Waals surface area (Å²) in [7, 11) is 0. The predicted octanol–water partition coefficient (Wildman–Crippen LogP) is 12.6. The lowest BCUT2D eigenvalue weighted by molar-refractivity contribution is -0.248. The zero-order chi connectivity index (χ0) is 40.1. The lowest BCUT2D eigenvalue weighted by Crippen LogP contribution is -2.67. The van der Waals surface area contributed by atoms with Gasteiger partial charge in [-0.1, -0.05) is 124 Å². The van der Waals surface area contributed by atoms with Gasteiger partial charge in [-0.2, -0.15) is 0 Å². The summed E-state index contributed by atoms with van der Waals surface area (Å²) in [6.45, 7) is 21.9. The monoisotopic (exact) mass is 766 g/mol. The van der Waals surface area contributed by atoms with E-state index < -0.39 is 5.97 Å². The van der Waals surface area contributed by atoms with E-state index >= 15 is 0 Å². The number of hydrogen-bond donors (Lipinski definition) is 2. The molecule has 0 radical (unpaired) electrons. The molecule has 5 aliphatic carbocycles. The summed E-state index contributed by atoms with van der Waals surface area (Å²) in [4.78, 5) is 37.2. The molecule has 1 amide bonds. The molecule has 0 aromatic carbocycles. The van der Waals surface area contributed by atoms with Crippen molar-refractivity contribution in [3.8, 4) is 0 Å². The third-order valence-corrected chi connectivity index (χ3v) is 17.9. The zero-order valence-corrected chi connectivity index (χ0v) is 36.6. The van der Waals surface area contributed by atoms with Crippen molar-refractivity contribution >= 4 is 17.8 Å². The van der Waals surface area contributed by atoms with Crippen molar-refractivity contribution in [2.24, 2.45) is 56.7 Å². The summed E-state index contributed by atoms with van der Waals surface area (Å²) < 4.78 is 5.98. The van der Waals surface area contributed by atoms with Crippen molar-refractivity contribution < 1.29 is 24.2 Å². The van der Waals surface area contributed by atoms with Gasteiger partial charge in [0.15, 0.2) is 0 Å². The summed E-state index contributed by atoms with van der Waals surface area (Å²) in [5.41, 5.74) is 1.71. The second-order valence-corrected chi connectivity index (χ2v) is 21.1. The highest BCUT2D eigenvalue weighted by molar-refractivity contribution is 5.84. The largest absolute Gasteiger partial charge is 0.481 e. The Morgan fingerprint density at radius 1 is 0.655 bits per heavy atom. The van der Waals surface area contributed by atoms with Crippen LogP contribution >= 0.6 is 0 Å². The molecule has 0 saturated heterocycles. The number of amides is 1. The van der Waals surface area contributed by atoms with Gasteiger partial charge in [0.2, 0.25) is 5.91 Å². The second kappa shape index (κ2) is 18.4. The van der Waals surface area contributed by atoms with E-state index in [9.17, 15) is 14.4 Å². The molecular weight excluding hydrogens is 683 g/mol. The van der Waals surface area contributed by atoms with Crippen LogP contribution in [0.2, 0.25) is 0 Å². The second-order valence-electron chi connectivity index (χ2n) is 21.1. The van der Waals surface area contributed by atoms with Crippen molar-refractivity contribution in [1.82, 2.24) is 5.32 Å². The Morgan fingerprint density at radius 3 is 1.80 bits per heavy atom. The highest BCUT2D eigenvalue weighted by Gasteiger charge is 2.72. The lowest BCUT2D eigenvalue weighted by atomic mass is 9.32. The molecule has 0 spiro atoms. The third-order valence-electron chi connectivity index (χ3n) is 17.9. The zero-order valence-electron chi connectivity index (χ0n) is 36.6.